The molecular formula is C58H104O5. The third-order valence-electron chi connectivity index (χ3n) is 11.8. The molecule has 5 heteroatoms. The number of unbranched alkanes of at least 4 members (excludes halogenated alkanes) is 29. The fourth-order valence-electron chi connectivity index (χ4n) is 7.73. The number of carbonyl (C=O) groups is 2. The lowest BCUT2D eigenvalue weighted by Gasteiger charge is -2.18. The van der Waals surface area contributed by atoms with E-state index in [2.05, 4.69) is 75.5 Å². The van der Waals surface area contributed by atoms with Crippen LogP contribution in [0.5, 0.6) is 0 Å². The average molecular weight is 881 g/mol. The standard InChI is InChI=1S/C58H104O5/c1-4-7-10-13-16-19-22-25-27-29-30-31-32-34-37-39-42-45-48-51-57(59)62-55-56(63-58(60)52-49-46-43-40-36-24-21-18-15-12-9-6-3)54-61-53-50-47-44-41-38-35-33-28-26-23-20-17-14-11-8-5-2/h16,19,25,27,30-31,34,37,42,45,56H,4-15,17-18,20-24,26,28-29,32-33,35-36,38-41,43-44,46-55H2,1-3H3/b19-16-,27-25-,31-30-,37-34-,45-42-/t56-/m1/s1. The Morgan fingerprint density at radius 3 is 1.13 bits per heavy atom. The van der Waals surface area contributed by atoms with Crippen molar-refractivity contribution in [3.8, 4) is 0 Å². The van der Waals surface area contributed by atoms with Crippen LogP contribution in [0.4, 0.5) is 0 Å². The molecule has 0 aliphatic carbocycles. The Hall–Kier alpha value is -2.40. The molecular weight excluding hydrogens is 777 g/mol. The van der Waals surface area contributed by atoms with E-state index in [1.54, 1.807) is 0 Å². The summed E-state index contributed by atoms with van der Waals surface area (Å²) in [6, 6.07) is 0. The third kappa shape index (κ3) is 52.1. The molecule has 0 aliphatic rings. The van der Waals surface area contributed by atoms with Crippen molar-refractivity contribution < 1.29 is 23.8 Å². The number of allylic oxidation sites excluding steroid dienone is 10. The number of hydrogen-bond donors (Lipinski definition) is 0. The lowest BCUT2D eigenvalue weighted by Crippen LogP contribution is -2.30. The van der Waals surface area contributed by atoms with Gasteiger partial charge in [0.1, 0.15) is 6.61 Å². The topological polar surface area (TPSA) is 61.8 Å². The van der Waals surface area contributed by atoms with Crippen LogP contribution in [0.1, 0.15) is 271 Å². The first-order valence-electron chi connectivity index (χ1n) is 27.3. The average Bonchev–Trinajstić information content (AvgIpc) is 3.28. The van der Waals surface area contributed by atoms with Gasteiger partial charge in [-0.25, -0.2) is 0 Å². The van der Waals surface area contributed by atoms with Crippen molar-refractivity contribution in [3.63, 3.8) is 0 Å². The minimum Gasteiger partial charge on any atom is -0.462 e. The van der Waals surface area contributed by atoms with Gasteiger partial charge in [0, 0.05) is 19.4 Å². The molecule has 366 valence electrons. The van der Waals surface area contributed by atoms with E-state index < -0.39 is 6.10 Å². The first-order valence-corrected chi connectivity index (χ1v) is 27.3. The maximum Gasteiger partial charge on any atom is 0.306 e. The van der Waals surface area contributed by atoms with Gasteiger partial charge in [0.05, 0.1) is 6.61 Å². The largest absolute Gasteiger partial charge is 0.462 e. The van der Waals surface area contributed by atoms with Gasteiger partial charge in [0.2, 0.25) is 0 Å². The fraction of sp³-hybridized carbons (Fsp3) is 0.793. The van der Waals surface area contributed by atoms with Crippen LogP contribution in [0.3, 0.4) is 0 Å². The summed E-state index contributed by atoms with van der Waals surface area (Å²) < 4.78 is 17.4. The smallest absolute Gasteiger partial charge is 0.306 e. The normalized spacial score (nSPS) is 12.6. The van der Waals surface area contributed by atoms with Crippen LogP contribution in [0, 0.1) is 0 Å². The first-order chi connectivity index (χ1) is 31.1. The van der Waals surface area contributed by atoms with Crippen molar-refractivity contribution in [2.24, 2.45) is 0 Å². The predicted molar refractivity (Wildman–Crippen MR) is 274 cm³/mol. The van der Waals surface area contributed by atoms with Crippen molar-refractivity contribution in [1.82, 2.24) is 0 Å². The van der Waals surface area contributed by atoms with E-state index in [0.29, 0.717) is 25.9 Å². The summed E-state index contributed by atoms with van der Waals surface area (Å²) in [5, 5.41) is 0. The van der Waals surface area contributed by atoms with Crippen LogP contribution in [0.25, 0.3) is 0 Å². The van der Waals surface area contributed by atoms with Crippen molar-refractivity contribution in [3.05, 3.63) is 60.8 Å². The minimum absolute atomic E-state index is 0.0495. The second-order valence-corrected chi connectivity index (χ2v) is 18.1. The molecule has 0 aromatic carbocycles. The monoisotopic (exact) mass is 881 g/mol. The molecule has 0 saturated carbocycles. The fourth-order valence-corrected chi connectivity index (χ4v) is 7.73. The summed E-state index contributed by atoms with van der Waals surface area (Å²) >= 11 is 0. The van der Waals surface area contributed by atoms with Gasteiger partial charge < -0.3 is 14.2 Å². The van der Waals surface area contributed by atoms with Crippen molar-refractivity contribution in [1.29, 1.82) is 0 Å². The summed E-state index contributed by atoms with van der Waals surface area (Å²) in [5.41, 5.74) is 0. The first kappa shape index (κ1) is 60.6. The van der Waals surface area contributed by atoms with Gasteiger partial charge in [0.25, 0.3) is 0 Å². The lowest BCUT2D eigenvalue weighted by atomic mass is 10.0. The van der Waals surface area contributed by atoms with E-state index in [-0.39, 0.29) is 25.2 Å². The van der Waals surface area contributed by atoms with E-state index in [0.717, 1.165) is 51.4 Å². The zero-order valence-corrected chi connectivity index (χ0v) is 42.1. The molecule has 0 amide bonds. The Morgan fingerprint density at radius 2 is 0.698 bits per heavy atom. The summed E-state index contributed by atoms with van der Waals surface area (Å²) in [4.78, 5) is 25.4. The molecule has 0 rings (SSSR count). The van der Waals surface area contributed by atoms with Gasteiger partial charge >= 0.3 is 11.9 Å². The van der Waals surface area contributed by atoms with E-state index in [1.807, 2.05) is 6.08 Å². The Balaban J connectivity index is 4.33. The van der Waals surface area contributed by atoms with E-state index >= 15 is 0 Å². The van der Waals surface area contributed by atoms with Crippen LogP contribution in [0.2, 0.25) is 0 Å². The summed E-state index contributed by atoms with van der Waals surface area (Å²) in [6.07, 6.45) is 68.1. The SMILES string of the molecule is CCCCC/C=C\C/C=C\C/C=C\C/C=C\C/C=C\CCC(=O)OC[C@@H](COCCCCCCCCCCCCCCCCCC)OC(=O)CCCCCCCCCCCCCC. The van der Waals surface area contributed by atoms with Gasteiger partial charge in [-0.3, -0.25) is 9.59 Å². The minimum atomic E-state index is -0.562. The maximum absolute atomic E-state index is 12.8. The molecule has 0 aromatic heterocycles. The molecule has 0 bridgehead atoms. The molecule has 0 spiro atoms. The zero-order chi connectivity index (χ0) is 45.6. The van der Waals surface area contributed by atoms with Gasteiger partial charge in [-0.15, -0.1) is 0 Å². The Kier molecular flexibility index (Phi) is 51.9. The maximum atomic E-state index is 12.8. The van der Waals surface area contributed by atoms with Crippen molar-refractivity contribution >= 4 is 11.9 Å². The number of esters is 2. The number of rotatable bonds is 50. The van der Waals surface area contributed by atoms with E-state index in [4.69, 9.17) is 14.2 Å². The molecule has 5 nitrogen and oxygen atoms in total. The second kappa shape index (κ2) is 53.9. The van der Waals surface area contributed by atoms with Gasteiger partial charge in [-0.1, -0.05) is 261 Å². The van der Waals surface area contributed by atoms with Crippen LogP contribution in [-0.2, 0) is 23.8 Å². The van der Waals surface area contributed by atoms with E-state index in [9.17, 15) is 9.59 Å². The highest BCUT2D eigenvalue weighted by molar-refractivity contribution is 5.70. The molecule has 0 saturated heterocycles. The zero-order valence-electron chi connectivity index (χ0n) is 42.1. The quantitative estimate of drug-likeness (QED) is 0.0346. The van der Waals surface area contributed by atoms with Gasteiger partial charge in [0.15, 0.2) is 6.10 Å². The highest BCUT2D eigenvalue weighted by Gasteiger charge is 2.17. The number of ether oxygens (including phenoxy) is 3. The van der Waals surface area contributed by atoms with Crippen molar-refractivity contribution in [2.75, 3.05) is 19.8 Å². The number of hydrogen-bond acceptors (Lipinski definition) is 5. The summed E-state index contributed by atoms with van der Waals surface area (Å²) in [7, 11) is 0. The Morgan fingerprint density at radius 1 is 0.349 bits per heavy atom. The third-order valence-corrected chi connectivity index (χ3v) is 11.8. The van der Waals surface area contributed by atoms with Crippen LogP contribution in [-0.4, -0.2) is 37.9 Å². The van der Waals surface area contributed by atoms with Gasteiger partial charge in [-0.2, -0.15) is 0 Å². The molecule has 0 radical (unpaired) electrons. The lowest BCUT2D eigenvalue weighted by molar-refractivity contribution is -0.162. The highest BCUT2D eigenvalue weighted by atomic mass is 16.6. The molecule has 0 unspecified atom stereocenters. The summed E-state index contributed by atoms with van der Waals surface area (Å²) in [6.45, 7) is 7.76. The summed E-state index contributed by atoms with van der Waals surface area (Å²) in [5.74, 6) is -0.480. The Bertz CT molecular complexity index is 1090. The van der Waals surface area contributed by atoms with Gasteiger partial charge in [-0.05, 0) is 57.8 Å². The van der Waals surface area contributed by atoms with Crippen LogP contribution >= 0.6 is 0 Å². The molecule has 0 N–H and O–H groups in total. The van der Waals surface area contributed by atoms with Crippen LogP contribution < -0.4 is 0 Å². The molecule has 0 fully saturated rings. The predicted octanol–water partition coefficient (Wildman–Crippen LogP) is 18.5. The number of carbonyl (C=O) groups excluding carboxylic acids is 2. The Labute approximate surface area is 392 Å². The molecule has 0 aromatic rings. The molecule has 0 heterocycles. The molecule has 0 aliphatic heterocycles. The molecule has 1 atom stereocenters. The molecule has 63 heavy (non-hydrogen) atoms. The highest BCUT2D eigenvalue weighted by Crippen LogP contribution is 2.15. The van der Waals surface area contributed by atoms with E-state index in [1.165, 1.54) is 180 Å². The second-order valence-electron chi connectivity index (χ2n) is 18.1. The van der Waals surface area contributed by atoms with Crippen molar-refractivity contribution in [2.45, 2.75) is 277 Å². The van der Waals surface area contributed by atoms with Crippen LogP contribution in [0.15, 0.2) is 60.8 Å².